The Balaban J connectivity index is 2.08. The van der Waals surface area contributed by atoms with Gasteiger partial charge in [-0.3, -0.25) is 9.59 Å². The SMILES string of the molecule is COCCNC(=O)c1cccc(C(=O)Nc2ccc(Cl)c(Cl)c2)c1. The van der Waals surface area contributed by atoms with Crippen LogP contribution in [0.4, 0.5) is 5.69 Å². The van der Waals surface area contributed by atoms with Gasteiger partial charge in [-0.25, -0.2) is 0 Å². The van der Waals surface area contributed by atoms with Crippen LogP contribution in [0.2, 0.25) is 10.0 Å². The van der Waals surface area contributed by atoms with Crippen LogP contribution in [-0.2, 0) is 4.74 Å². The van der Waals surface area contributed by atoms with Crippen molar-refractivity contribution in [1.29, 1.82) is 0 Å². The molecule has 2 aromatic carbocycles. The van der Waals surface area contributed by atoms with Crippen molar-refractivity contribution in [2.24, 2.45) is 0 Å². The van der Waals surface area contributed by atoms with Crippen LogP contribution in [0.3, 0.4) is 0 Å². The van der Waals surface area contributed by atoms with Gasteiger partial charge in [0.15, 0.2) is 0 Å². The molecule has 5 nitrogen and oxygen atoms in total. The third-order valence-electron chi connectivity index (χ3n) is 3.16. The summed E-state index contributed by atoms with van der Waals surface area (Å²) < 4.78 is 4.88. The number of methoxy groups -OCH3 is 1. The largest absolute Gasteiger partial charge is 0.383 e. The number of anilines is 1. The van der Waals surface area contributed by atoms with Gasteiger partial charge in [0.1, 0.15) is 0 Å². The number of halogens is 2. The van der Waals surface area contributed by atoms with Gasteiger partial charge in [0.25, 0.3) is 11.8 Å². The van der Waals surface area contributed by atoms with Gasteiger partial charge >= 0.3 is 0 Å². The molecular weight excluding hydrogens is 351 g/mol. The van der Waals surface area contributed by atoms with Gasteiger partial charge in [0, 0.05) is 30.5 Å². The van der Waals surface area contributed by atoms with E-state index in [1.807, 2.05) is 0 Å². The van der Waals surface area contributed by atoms with Crippen LogP contribution in [0.25, 0.3) is 0 Å². The number of nitrogens with one attached hydrogen (secondary N) is 2. The van der Waals surface area contributed by atoms with Crippen LogP contribution in [0.15, 0.2) is 42.5 Å². The van der Waals surface area contributed by atoms with Gasteiger partial charge in [0.05, 0.1) is 16.7 Å². The summed E-state index contributed by atoms with van der Waals surface area (Å²) in [4.78, 5) is 24.3. The Kier molecular flexibility index (Phi) is 6.61. The van der Waals surface area contributed by atoms with E-state index in [-0.39, 0.29) is 11.8 Å². The summed E-state index contributed by atoms with van der Waals surface area (Å²) in [6.45, 7) is 0.818. The molecule has 0 aliphatic heterocycles. The first kappa shape index (κ1) is 18.3. The van der Waals surface area contributed by atoms with Crippen molar-refractivity contribution in [3.05, 3.63) is 63.6 Å². The molecular formula is C17H16Cl2N2O3. The number of hydrogen-bond acceptors (Lipinski definition) is 3. The van der Waals surface area contributed by atoms with Crippen molar-refractivity contribution < 1.29 is 14.3 Å². The van der Waals surface area contributed by atoms with E-state index in [0.29, 0.717) is 40.0 Å². The van der Waals surface area contributed by atoms with Crippen LogP contribution in [0.5, 0.6) is 0 Å². The normalized spacial score (nSPS) is 10.3. The molecule has 0 unspecified atom stereocenters. The third kappa shape index (κ3) is 4.96. The van der Waals surface area contributed by atoms with Crippen molar-refractivity contribution in [2.75, 3.05) is 25.6 Å². The molecule has 0 aromatic heterocycles. The number of benzene rings is 2. The van der Waals surface area contributed by atoms with E-state index in [2.05, 4.69) is 10.6 Å². The Morgan fingerprint density at radius 3 is 2.38 bits per heavy atom. The molecule has 0 spiro atoms. The fourth-order valence-electron chi connectivity index (χ4n) is 1.95. The summed E-state index contributed by atoms with van der Waals surface area (Å²) in [5, 5.41) is 6.17. The number of rotatable bonds is 6. The van der Waals surface area contributed by atoms with Gasteiger partial charge in [0.2, 0.25) is 0 Å². The third-order valence-corrected chi connectivity index (χ3v) is 3.90. The van der Waals surface area contributed by atoms with Crippen LogP contribution >= 0.6 is 23.2 Å². The molecule has 2 N–H and O–H groups in total. The lowest BCUT2D eigenvalue weighted by Crippen LogP contribution is -2.27. The summed E-state index contributed by atoms with van der Waals surface area (Å²) >= 11 is 11.8. The molecule has 2 amide bonds. The van der Waals surface area contributed by atoms with Crippen molar-refractivity contribution in [3.63, 3.8) is 0 Å². The number of amides is 2. The smallest absolute Gasteiger partial charge is 0.255 e. The molecule has 126 valence electrons. The molecule has 0 radical (unpaired) electrons. The lowest BCUT2D eigenvalue weighted by atomic mass is 10.1. The molecule has 2 rings (SSSR count). The van der Waals surface area contributed by atoms with Crippen molar-refractivity contribution in [1.82, 2.24) is 5.32 Å². The molecule has 0 aliphatic carbocycles. The van der Waals surface area contributed by atoms with E-state index in [1.54, 1.807) is 43.5 Å². The zero-order chi connectivity index (χ0) is 17.5. The topological polar surface area (TPSA) is 67.4 Å². The molecule has 0 aliphatic rings. The number of carbonyl (C=O) groups is 2. The first-order valence-electron chi connectivity index (χ1n) is 7.15. The van der Waals surface area contributed by atoms with E-state index in [9.17, 15) is 9.59 Å². The predicted molar refractivity (Wildman–Crippen MR) is 95.1 cm³/mol. The maximum Gasteiger partial charge on any atom is 0.255 e. The maximum absolute atomic E-state index is 12.3. The Morgan fingerprint density at radius 2 is 1.71 bits per heavy atom. The fourth-order valence-corrected chi connectivity index (χ4v) is 2.25. The number of carbonyl (C=O) groups excluding carboxylic acids is 2. The zero-order valence-electron chi connectivity index (χ0n) is 12.9. The van der Waals surface area contributed by atoms with Crippen molar-refractivity contribution in [3.8, 4) is 0 Å². The zero-order valence-corrected chi connectivity index (χ0v) is 14.4. The molecule has 0 saturated heterocycles. The highest BCUT2D eigenvalue weighted by Gasteiger charge is 2.11. The predicted octanol–water partition coefficient (Wildman–Crippen LogP) is 3.62. The number of hydrogen-bond donors (Lipinski definition) is 2. The molecule has 2 aromatic rings. The van der Waals surface area contributed by atoms with E-state index in [4.69, 9.17) is 27.9 Å². The van der Waals surface area contributed by atoms with Gasteiger partial charge in [-0.2, -0.15) is 0 Å². The first-order chi connectivity index (χ1) is 11.5. The molecule has 24 heavy (non-hydrogen) atoms. The second-order valence-electron chi connectivity index (χ2n) is 4.91. The minimum absolute atomic E-state index is 0.267. The molecule has 0 bridgehead atoms. The molecule has 0 atom stereocenters. The summed E-state index contributed by atoms with van der Waals surface area (Å²) in [7, 11) is 1.56. The quantitative estimate of drug-likeness (QED) is 0.767. The summed E-state index contributed by atoms with van der Waals surface area (Å²) in [5.41, 5.74) is 1.28. The molecule has 0 fully saturated rings. The second kappa shape index (κ2) is 8.68. The highest BCUT2D eigenvalue weighted by atomic mass is 35.5. The van der Waals surface area contributed by atoms with Crippen LogP contribution in [0, 0.1) is 0 Å². The average molecular weight is 367 g/mol. The molecule has 0 heterocycles. The second-order valence-corrected chi connectivity index (χ2v) is 5.73. The summed E-state index contributed by atoms with van der Waals surface area (Å²) in [6, 6.07) is 11.2. The fraction of sp³-hybridized carbons (Fsp3) is 0.176. The average Bonchev–Trinajstić information content (AvgIpc) is 2.58. The molecule has 0 saturated carbocycles. The van der Waals surface area contributed by atoms with Crippen LogP contribution in [-0.4, -0.2) is 32.1 Å². The van der Waals surface area contributed by atoms with Gasteiger partial charge in [-0.15, -0.1) is 0 Å². The first-order valence-corrected chi connectivity index (χ1v) is 7.90. The Bertz CT molecular complexity index is 750. The maximum atomic E-state index is 12.3. The minimum atomic E-state index is -0.347. The summed E-state index contributed by atoms with van der Waals surface area (Å²) in [6.07, 6.45) is 0. The van der Waals surface area contributed by atoms with Gasteiger partial charge in [-0.05, 0) is 36.4 Å². The number of ether oxygens (including phenoxy) is 1. The lowest BCUT2D eigenvalue weighted by molar-refractivity contribution is 0.0937. The van der Waals surface area contributed by atoms with Crippen molar-refractivity contribution in [2.45, 2.75) is 0 Å². The summed E-state index contributed by atoms with van der Waals surface area (Å²) in [5.74, 6) is -0.615. The Morgan fingerprint density at radius 1 is 1.00 bits per heavy atom. The minimum Gasteiger partial charge on any atom is -0.383 e. The van der Waals surface area contributed by atoms with Crippen LogP contribution in [0.1, 0.15) is 20.7 Å². The highest BCUT2D eigenvalue weighted by Crippen LogP contribution is 2.25. The van der Waals surface area contributed by atoms with E-state index < -0.39 is 0 Å². The van der Waals surface area contributed by atoms with E-state index >= 15 is 0 Å². The highest BCUT2D eigenvalue weighted by molar-refractivity contribution is 6.42. The molecule has 7 heteroatoms. The van der Waals surface area contributed by atoms with E-state index in [1.165, 1.54) is 6.07 Å². The van der Waals surface area contributed by atoms with Gasteiger partial charge < -0.3 is 15.4 Å². The Hall–Kier alpha value is -2.08. The monoisotopic (exact) mass is 366 g/mol. The van der Waals surface area contributed by atoms with Crippen LogP contribution < -0.4 is 10.6 Å². The standard InChI is InChI=1S/C17H16Cl2N2O3/c1-24-8-7-20-16(22)11-3-2-4-12(9-11)17(23)21-13-5-6-14(18)15(19)10-13/h2-6,9-10H,7-8H2,1H3,(H,20,22)(H,21,23). The lowest BCUT2D eigenvalue weighted by Gasteiger charge is -2.08. The van der Waals surface area contributed by atoms with E-state index in [0.717, 1.165) is 0 Å². The Labute approximate surface area is 149 Å². The van der Waals surface area contributed by atoms with Gasteiger partial charge in [-0.1, -0.05) is 29.3 Å². The van der Waals surface area contributed by atoms with Crippen molar-refractivity contribution >= 4 is 40.7 Å².